The number of hydrogen-bond acceptors (Lipinski definition) is 2. The minimum absolute atomic E-state index is 0.962. The summed E-state index contributed by atoms with van der Waals surface area (Å²) in [5.41, 5.74) is 0. The molecule has 0 aromatic rings. The molecule has 3 heterocycles. The maximum absolute atomic E-state index is 2.59. The Morgan fingerprint density at radius 1 is 0.733 bits per heavy atom. The maximum Gasteiger partial charge on any atom is 0.00957 e. The van der Waals surface area contributed by atoms with Crippen LogP contribution in [0.25, 0.3) is 0 Å². The number of piperidine rings is 1. The molecule has 2 heteroatoms. The van der Waals surface area contributed by atoms with Gasteiger partial charge in [0, 0.05) is 12.1 Å². The van der Waals surface area contributed by atoms with Gasteiger partial charge in [0.25, 0.3) is 0 Å². The first-order valence-electron chi connectivity index (χ1n) is 6.68. The van der Waals surface area contributed by atoms with Crippen LogP contribution in [0.1, 0.15) is 44.9 Å². The van der Waals surface area contributed by atoms with E-state index in [4.69, 9.17) is 0 Å². The number of hydrogen-bond donors (Lipinski definition) is 0. The third-order valence-corrected chi connectivity index (χ3v) is 4.39. The maximum atomic E-state index is 2.59. The summed E-state index contributed by atoms with van der Waals surface area (Å²) < 4.78 is 0. The zero-order valence-corrected chi connectivity index (χ0v) is 10.4. The van der Waals surface area contributed by atoms with Gasteiger partial charge in [-0.25, -0.2) is 0 Å². The predicted molar refractivity (Wildman–Crippen MR) is 65.2 cm³/mol. The molecule has 0 saturated carbocycles. The molecule has 2 unspecified atom stereocenters. The Hall–Kier alpha value is -0.0800. The summed E-state index contributed by atoms with van der Waals surface area (Å²) in [4.78, 5) is 4.95. The number of rotatable bonds is 0. The lowest BCUT2D eigenvalue weighted by atomic mass is 10.0. The summed E-state index contributed by atoms with van der Waals surface area (Å²) in [6.07, 6.45) is 10.2. The van der Waals surface area contributed by atoms with E-state index in [1.54, 1.807) is 0 Å². The van der Waals surface area contributed by atoms with Crippen LogP contribution < -0.4 is 0 Å². The van der Waals surface area contributed by atoms with Crippen LogP contribution in [0.15, 0.2) is 0 Å². The second-order valence-corrected chi connectivity index (χ2v) is 5.49. The Bertz CT molecular complexity index is 171. The highest BCUT2D eigenvalue weighted by atomic mass is 15.2. The summed E-state index contributed by atoms with van der Waals surface area (Å²) in [5.74, 6) is 0. The monoisotopic (exact) mass is 210 g/mol. The highest BCUT2D eigenvalue weighted by molar-refractivity contribution is 4.89. The van der Waals surface area contributed by atoms with Crippen molar-refractivity contribution in [2.24, 2.45) is 0 Å². The van der Waals surface area contributed by atoms with Gasteiger partial charge in [-0.05, 0) is 65.7 Å². The summed E-state index contributed by atoms with van der Waals surface area (Å²) in [6.45, 7) is 2.64. The molecule has 2 atom stereocenters. The molecule has 0 aliphatic carbocycles. The van der Waals surface area contributed by atoms with E-state index in [2.05, 4.69) is 23.9 Å². The SMILES string of the molecule is CN1C2CCCC1CC2.CN1CCCC1. The van der Waals surface area contributed by atoms with Crippen molar-refractivity contribution in [2.45, 2.75) is 57.0 Å². The van der Waals surface area contributed by atoms with Crippen LogP contribution in [0, 0.1) is 0 Å². The molecule has 0 spiro atoms. The first-order chi connectivity index (χ1) is 7.27. The van der Waals surface area contributed by atoms with Crippen molar-refractivity contribution in [3.8, 4) is 0 Å². The molecule has 0 aromatic carbocycles. The number of nitrogens with zero attached hydrogens (tertiary/aromatic N) is 2. The van der Waals surface area contributed by atoms with E-state index in [0.717, 1.165) is 12.1 Å². The van der Waals surface area contributed by atoms with Crippen molar-refractivity contribution in [3.05, 3.63) is 0 Å². The Morgan fingerprint density at radius 2 is 1.27 bits per heavy atom. The smallest absolute Gasteiger partial charge is 0.00957 e. The first-order valence-corrected chi connectivity index (χ1v) is 6.68. The van der Waals surface area contributed by atoms with Gasteiger partial charge in [0.05, 0.1) is 0 Å². The van der Waals surface area contributed by atoms with Gasteiger partial charge in [0.1, 0.15) is 0 Å². The standard InChI is InChI=1S/C8H15N.C5H11N/c1-9-7-3-2-4-8(9)6-5-7;1-6-4-2-3-5-6/h7-8H,2-6H2,1H3;2-5H2,1H3. The molecule has 3 aliphatic heterocycles. The van der Waals surface area contributed by atoms with Gasteiger partial charge >= 0.3 is 0 Å². The van der Waals surface area contributed by atoms with E-state index in [9.17, 15) is 0 Å². The van der Waals surface area contributed by atoms with E-state index in [1.165, 1.54) is 58.0 Å². The van der Waals surface area contributed by atoms with Crippen LogP contribution in [0.4, 0.5) is 0 Å². The molecular formula is C13H26N2. The molecule has 2 bridgehead atoms. The normalized spacial score (nSPS) is 36.4. The van der Waals surface area contributed by atoms with Crippen LogP contribution in [-0.2, 0) is 0 Å². The van der Waals surface area contributed by atoms with Crippen molar-refractivity contribution in [2.75, 3.05) is 27.2 Å². The third kappa shape index (κ3) is 2.94. The van der Waals surface area contributed by atoms with Gasteiger partial charge in [-0.1, -0.05) is 6.42 Å². The molecule has 15 heavy (non-hydrogen) atoms. The quantitative estimate of drug-likeness (QED) is 0.605. The average Bonchev–Trinajstić information content (AvgIpc) is 2.74. The minimum Gasteiger partial charge on any atom is -0.306 e. The van der Waals surface area contributed by atoms with Crippen molar-refractivity contribution in [1.29, 1.82) is 0 Å². The molecule has 0 N–H and O–H groups in total. The van der Waals surface area contributed by atoms with Crippen molar-refractivity contribution < 1.29 is 0 Å². The van der Waals surface area contributed by atoms with E-state index >= 15 is 0 Å². The largest absolute Gasteiger partial charge is 0.306 e. The first kappa shape index (κ1) is 11.4. The highest BCUT2D eigenvalue weighted by Crippen LogP contribution is 2.33. The molecule has 2 nitrogen and oxygen atoms in total. The van der Waals surface area contributed by atoms with E-state index in [1.807, 2.05) is 0 Å². The van der Waals surface area contributed by atoms with E-state index in [0.29, 0.717) is 0 Å². The molecule has 0 amide bonds. The Balaban J connectivity index is 0.000000124. The lowest BCUT2D eigenvalue weighted by Crippen LogP contribution is -2.35. The third-order valence-electron chi connectivity index (χ3n) is 4.39. The molecule has 88 valence electrons. The summed E-state index contributed by atoms with van der Waals surface area (Å²) >= 11 is 0. The van der Waals surface area contributed by atoms with Crippen LogP contribution in [0.5, 0.6) is 0 Å². The topological polar surface area (TPSA) is 6.48 Å². The van der Waals surface area contributed by atoms with E-state index in [-0.39, 0.29) is 0 Å². The zero-order chi connectivity index (χ0) is 10.7. The van der Waals surface area contributed by atoms with Crippen molar-refractivity contribution >= 4 is 0 Å². The van der Waals surface area contributed by atoms with Gasteiger partial charge in [0.15, 0.2) is 0 Å². The predicted octanol–water partition coefficient (Wildman–Crippen LogP) is 2.35. The minimum atomic E-state index is 0.962. The van der Waals surface area contributed by atoms with Gasteiger partial charge in [-0.3, -0.25) is 0 Å². The summed E-state index contributed by atoms with van der Waals surface area (Å²) in [5, 5.41) is 0. The Labute approximate surface area is 94.6 Å². The Morgan fingerprint density at radius 3 is 1.60 bits per heavy atom. The van der Waals surface area contributed by atoms with E-state index < -0.39 is 0 Å². The van der Waals surface area contributed by atoms with Gasteiger partial charge < -0.3 is 9.80 Å². The summed E-state index contributed by atoms with van der Waals surface area (Å²) in [7, 11) is 4.47. The molecule has 3 aliphatic rings. The average molecular weight is 210 g/mol. The lowest BCUT2D eigenvalue weighted by Gasteiger charge is -2.30. The number of likely N-dealkylation sites (tertiary alicyclic amines) is 1. The van der Waals surface area contributed by atoms with Crippen LogP contribution in [0.2, 0.25) is 0 Å². The second kappa shape index (κ2) is 5.31. The fourth-order valence-electron chi connectivity index (χ4n) is 3.25. The van der Waals surface area contributed by atoms with Crippen LogP contribution in [-0.4, -0.2) is 49.1 Å². The van der Waals surface area contributed by atoms with Crippen LogP contribution in [0.3, 0.4) is 0 Å². The fourth-order valence-corrected chi connectivity index (χ4v) is 3.25. The molecule has 3 rings (SSSR count). The van der Waals surface area contributed by atoms with Crippen molar-refractivity contribution in [3.63, 3.8) is 0 Å². The van der Waals surface area contributed by atoms with Crippen LogP contribution >= 0.6 is 0 Å². The molecular weight excluding hydrogens is 184 g/mol. The summed E-state index contributed by atoms with van der Waals surface area (Å²) in [6, 6.07) is 1.92. The molecule has 3 saturated heterocycles. The highest BCUT2D eigenvalue weighted by Gasteiger charge is 2.33. The van der Waals surface area contributed by atoms with Crippen molar-refractivity contribution in [1.82, 2.24) is 9.80 Å². The second-order valence-electron chi connectivity index (χ2n) is 5.49. The molecule has 0 radical (unpaired) electrons. The van der Waals surface area contributed by atoms with Gasteiger partial charge in [-0.2, -0.15) is 0 Å². The zero-order valence-electron chi connectivity index (χ0n) is 10.4. The van der Waals surface area contributed by atoms with Gasteiger partial charge in [-0.15, -0.1) is 0 Å². The lowest BCUT2D eigenvalue weighted by molar-refractivity contribution is 0.179. The number of fused-ring (bicyclic) bond motifs is 2. The fraction of sp³-hybridized carbons (Fsp3) is 1.00. The molecule has 0 aromatic heterocycles. The molecule has 3 fully saturated rings. The van der Waals surface area contributed by atoms with Gasteiger partial charge in [0.2, 0.25) is 0 Å². The Kier molecular flexibility index (Phi) is 4.04.